The van der Waals surface area contributed by atoms with Gasteiger partial charge in [0.2, 0.25) is 0 Å². The first-order valence-corrected chi connectivity index (χ1v) is 6.85. The van der Waals surface area contributed by atoms with Gasteiger partial charge in [-0.3, -0.25) is 4.79 Å². The molecule has 5 heteroatoms. The Kier molecular flexibility index (Phi) is 4.24. The fourth-order valence-corrected chi connectivity index (χ4v) is 2.57. The first kappa shape index (κ1) is 13.4. The lowest BCUT2D eigenvalue weighted by Gasteiger charge is -2.18. The molecule has 0 amide bonds. The molecule has 1 saturated heterocycles. The molecule has 1 aromatic carbocycles. The number of anilines is 1. The van der Waals surface area contributed by atoms with Crippen LogP contribution in [0.25, 0.3) is 0 Å². The van der Waals surface area contributed by atoms with Crippen molar-refractivity contribution in [2.75, 3.05) is 25.4 Å². The van der Waals surface area contributed by atoms with Crippen molar-refractivity contribution in [2.24, 2.45) is 5.92 Å². The first-order valence-electron chi connectivity index (χ1n) is 6.05. The minimum atomic E-state index is -0.131. The standard InChI is InChI=1S/C13H17BrN2O2/c1-2-18-13(17)10-7-16-6-9(10)8-3-4-11(14)12(15)5-8/h3-5,9-10,16H,2,6-7,15H2,1H3/t9-,10+/m0/s1. The molecule has 4 nitrogen and oxygen atoms in total. The zero-order chi connectivity index (χ0) is 13.1. The van der Waals surface area contributed by atoms with Crippen molar-refractivity contribution in [1.82, 2.24) is 5.32 Å². The molecule has 2 rings (SSSR count). The molecule has 0 spiro atoms. The number of nitrogen functional groups attached to an aromatic ring is 1. The van der Waals surface area contributed by atoms with E-state index in [2.05, 4.69) is 21.2 Å². The maximum Gasteiger partial charge on any atom is 0.310 e. The third kappa shape index (κ3) is 2.67. The normalized spacial score (nSPS) is 23.0. The second-order valence-corrected chi connectivity index (χ2v) is 5.26. The van der Waals surface area contributed by atoms with Crippen molar-refractivity contribution in [3.63, 3.8) is 0 Å². The number of carbonyl (C=O) groups is 1. The molecule has 0 aliphatic carbocycles. The molecule has 2 atom stereocenters. The lowest BCUT2D eigenvalue weighted by molar-refractivity contribution is -0.147. The summed E-state index contributed by atoms with van der Waals surface area (Å²) in [5, 5.41) is 3.24. The number of rotatable bonds is 3. The van der Waals surface area contributed by atoms with Gasteiger partial charge >= 0.3 is 5.97 Å². The predicted octanol–water partition coefficient (Wildman–Crippen LogP) is 1.90. The Morgan fingerprint density at radius 3 is 3.00 bits per heavy atom. The molecule has 1 aromatic rings. The van der Waals surface area contributed by atoms with Gasteiger partial charge < -0.3 is 15.8 Å². The Labute approximate surface area is 115 Å². The van der Waals surface area contributed by atoms with E-state index in [1.807, 2.05) is 25.1 Å². The van der Waals surface area contributed by atoms with Crippen LogP contribution in [0.5, 0.6) is 0 Å². The Morgan fingerprint density at radius 2 is 2.33 bits per heavy atom. The molecule has 0 unspecified atom stereocenters. The number of nitrogens with two attached hydrogens (primary N) is 1. The molecule has 1 fully saturated rings. The Hall–Kier alpha value is -1.07. The smallest absolute Gasteiger partial charge is 0.310 e. The van der Waals surface area contributed by atoms with Crippen LogP contribution in [0.15, 0.2) is 22.7 Å². The predicted molar refractivity (Wildman–Crippen MR) is 74.3 cm³/mol. The number of halogens is 1. The van der Waals surface area contributed by atoms with Crippen LogP contribution < -0.4 is 11.1 Å². The van der Waals surface area contributed by atoms with Gasteiger partial charge in [-0.15, -0.1) is 0 Å². The summed E-state index contributed by atoms with van der Waals surface area (Å²) in [4.78, 5) is 11.9. The van der Waals surface area contributed by atoms with Crippen molar-refractivity contribution >= 4 is 27.6 Å². The highest BCUT2D eigenvalue weighted by atomic mass is 79.9. The van der Waals surface area contributed by atoms with Gasteiger partial charge in [-0.2, -0.15) is 0 Å². The van der Waals surface area contributed by atoms with E-state index in [1.54, 1.807) is 0 Å². The van der Waals surface area contributed by atoms with Crippen molar-refractivity contribution in [3.8, 4) is 0 Å². The summed E-state index contributed by atoms with van der Waals surface area (Å²) < 4.78 is 5.99. The van der Waals surface area contributed by atoms with Crippen LogP contribution in [0, 0.1) is 5.92 Å². The van der Waals surface area contributed by atoms with E-state index in [4.69, 9.17) is 10.5 Å². The monoisotopic (exact) mass is 312 g/mol. The summed E-state index contributed by atoms with van der Waals surface area (Å²) >= 11 is 3.37. The average molecular weight is 313 g/mol. The number of benzene rings is 1. The highest BCUT2D eigenvalue weighted by Gasteiger charge is 2.35. The fraction of sp³-hybridized carbons (Fsp3) is 0.462. The van der Waals surface area contributed by atoms with Gasteiger partial charge in [-0.25, -0.2) is 0 Å². The van der Waals surface area contributed by atoms with Crippen LogP contribution in [0.4, 0.5) is 5.69 Å². The maximum atomic E-state index is 11.9. The fourth-order valence-electron chi connectivity index (χ4n) is 2.32. The van der Waals surface area contributed by atoms with E-state index in [9.17, 15) is 4.79 Å². The molecular formula is C13H17BrN2O2. The number of esters is 1. The van der Waals surface area contributed by atoms with Crippen LogP contribution >= 0.6 is 15.9 Å². The van der Waals surface area contributed by atoms with Crippen LogP contribution in [0.1, 0.15) is 18.4 Å². The van der Waals surface area contributed by atoms with Crippen molar-refractivity contribution < 1.29 is 9.53 Å². The van der Waals surface area contributed by atoms with Crippen molar-refractivity contribution in [1.29, 1.82) is 0 Å². The van der Waals surface area contributed by atoms with E-state index < -0.39 is 0 Å². The molecular weight excluding hydrogens is 296 g/mol. The minimum absolute atomic E-state index is 0.120. The van der Waals surface area contributed by atoms with E-state index in [1.165, 1.54) is 0 Å². The molecule has 1 heterocycles. The molecule has 3 N–H and O–H groups in total. The Bertz CT molecular complexity index is 451. The summed E-state index contributed by atoms with van der Waals surface area (Å²) in [5.74, 6) is -0.112. The van der Waals surface area contributed by atoms with Gasteiger partial charge in [0.1, 0.15) is 0 Å². The van der Waals surface area contributed by atoms with Crippen LogP contribution in [-0.2, 0) is 9.53 Å². The SMILES string of the molecule is CCOC(=O)[C@@H]1CNC[C@H]1c1ccc(Br)c(N)c1. The number of nitrogens with one attached hydrogen (secondary N) is 1. The van der Waals surface area contributed by atoms with E-state index in [0.717, 1.165) is 16.6 Å². The first-order chi connectivity index (χ1) is 8.63. The van der Waals surface area contributed by atoms with Crippen molar-refractivity contribution in [3.05, 3.63) is 28.2 Å². The lowest BCUT2D eigenvalue weighted by atomic mass is 9.89. The molecule has 1 aliphatic heterocycles. The Morgan fingerprint density at radius 1 is 1.56 bits per heavy atom. The number of hydrogen-bond donors (Lipinski definition) is 2. The summed E-state index contributed by atoms with van der Waals surface area (Å²) in [6, 6.07) is 5.85. The van der Waals surface area contributed by atoms with Crippen LogP contribution in [0.2, 0.25) is 0 Å². The molecule has 0 aromatic heterocycles. The maximum absolute atomic E-state index is 11.9. The second-order valence-electron chi connectivity index (χ2n) is 4.40. The minimum Gasteiger partial charge on any atom is -0.466 e. The molecule has 98 valence electrons. The lowest BCUT2D eigenvalue weighted by Crippen LogP contribution is -2.24. The highest BCUT2D eigenvalue weighted by Crippen LogP contribution is 2.32. The summed E-state index contributed by atoms with van der Waals surface area (Å²) in [7, 11) is 0. The molecule has 1 aliphatic rings. The van der Waals surface area contributed by atoms with Crippen molar-refractivity contribution in [2.45, 2.75) is 12.8 Å². The molecule has 0 saturated carbocycles. The highest BCUT2D eigenvalue weighted by molar-refractivity contribution is 9.10. The van der Waals surface area contributed by atoms with Crippen LogP contribution in [-0.4, -0.2) is 25.7 Å². The summed E-state index contributed by atoms with van der Waals surface area (Å²) in [5.41, 5.74) is 7.66. The third-order valence-corrected chi connectivity index (χ3v) is 3.97. The Balaban J connectivity index is 2.20. The third-order valence-electron chi connectivity index (χ3n) is 3.25. The number of ether oxygens (including phenoxy) is 1. The van der Waals surface area contributed by atoms with E-state index in [0.29, 0.717) is 18.8 Å². The van der Waals surface area contributed by atoms with E-state index in [-0.39, 0.29) is 17.8 Å². The zero-order valence-electron chi connectivity index (χ0n) is 10.3. The van der Waals surface area contributed by atoms with Gasteiger partial charge in [0, 0.05) is 29.2 Å². The summed E-state index contributed by atoms with van der Waals surface area (Å²) in [6.45, 7) is 3.70. The van der Waals surface area contributed by atoms with Gasteiger partial charge in [-0.1, -0.05) is 6.07 Å². The second kappa shape index (κ2) is 5.71. The average Bonchev–Trinajstić information content (AvgIpc) is 2.82. The van der Waals surface area contributed by atoms with E-state index >= 15 is 0 Å². The zero-order valence-corrected chi connectivity index (χ0v) is 11.9. The number of hydrogen-bond acceptors (Lipinski definition) is 4. The van der Waals surface area contributed by atoms with Gasteiger partial charge in [0.25, 0.3) is 0 Å². The topological polar surface area (TPSA) is 64.3 Å². The van der Waals surface area contributed by atoms with Gasteiger partial charge in [-0.05, 0) is 40.5 Å². The molecule has 0 radical (unpaired) electrons. The van der Waals surface area contributed by atoms with Crippen LogP contribution in [0.3, 0.4) is 0 Å². The van der Waals surface area contributed by atoms with Gasteiger partial charge in [0.15, 0.2) is 0 Å². The quantitative estimate of drug-likeness (QED) is 0.661. The summed E-state index contributed by atoms with van der Waals surface area (Å²) in [6.07, 6.45) is 0. The largest absolute Gasteiger partial charge is 0.466 e. The molecule has 18 heavy (non-hydrogen) atoms. The molecule has 0 bridgehead atoms. The number of carbonyl (C=O) groups excluding carboxylic acids is 1. The van der Waals surface area contributed by atoms with Gasteiger partial charge in [0.05, 0.1) is 12.5 Å².